The van der Waals surface area contributed by atoms with Gasteiger partial charge < -0.3 is 10.6 Å². The molecule has 6 nitrogen and oxygen atoms in total. The number of nitrogens with one attached hydrogen (secondary N) is 1. The van der Waals surface area contributed by atoms with E-state index in [4.69, 9.17) is 5.73 Å². The van der Waals surface area contributed by atoms with Gasteiger partial charge in [-0.25, -0.2) is 21.9 Å². The van der Waals surface area contributed by atoms with Crippen LogP contribution in [0.1, 0.15) is 18.4 Å². The average Bonchev–Trinajstić information content (AvgIpc) is 2.63. The number of sulfonamides is 1. The zero-order valence-corrected chi connectivity index (χ0v) is 15.2. The number of anilines is 2. The summed E-state index contributed by atoms with van der Waals surface area (Å²) in [6.45, 7) is 0.375. The van der Waals surface area contributed by atoms with Crippen molar-refractivity contribution in [1.82, 2.24) is 4.72 Å². The van der Waals surface area contributed by atoms with E-state index in [1.807, 2.05) is 6.07 Å². The molecule has 144 valence electrons. The Morgan fingerprint density at radius 3 is 2.70 bits per heavy atom. The summed E-state index contributed by atoms with van der Waals surface area (Å²) >= 11 is 0. The minimum Gasteiger partial charge on any atom is -0.398 e. The smallest absolute Gasteiger partial charge is 0.240 e. The molecule has 0 radical (unpaired) electrons. The van der Waals surface area contributed by atoms with Gasteiger partial charge in [0.1, 0.15) is 0 Å². The van der Waals surface area contributed by atoms with Gasteiger partial charge in [-0.1, -0.05) is 6.07 Å². The maximum absolute atomic E-state index is 13.2. The second-order valence-corrected chi connectivity index (χ2v) is 7.98. The first-order valence-corrected chi connectivity index (χ1v) is 9.90. The quantitative estimate of drug-likeness (QED) is 0.759. The molecule has 3 N–H and O–H groups in total. The Morgan fingerprint density at radius 2 is 1.96 bits per heavy atom. The van der Waals surface area contributed by atoms with Gasteiger partial charge in [0.05, 0.1) is 4.90 Å². The lowest BCUT2D eigenvalue weighted by molar-refractivity contribution is -0.118. The number of rotatable bonds is 5. The highest BCUT2D eigenvalue weighted by atomic mass is 32.2. The first kappa shape index (κ1) is 19.2. The molecule has 0 saturated carbocycles. The van der Waals surface area contributed by atoms with Crippen molar-refractivity contribution in [3.63, 3.8) is 0 Å². The summed E-state index contributed by atoms with van der Waals surface area (Å²) < 4.78 is 52.7. The van der Waals surface area contributed by atoms with Crippen LogP contribution in [0.5, 0.6) is 0 Å². The highest BCUT2D eigenvalue weighted by molar-refractivity contribution is 7.89. The van der Waals surface area contributed by atoms with Gasteiger partial charge in [0.25, 0.3) is 0 Å². The third kappa shape index (κ3) is 4.09. The number of benzene rings is 2. The second kappa shape index (κ2) is 7.61. The van der Waals surface area contributed by atoms with Crippen LogP contribution in [0.3, 0.4) is 0 Å². The standard InChI is InChI=1S/C18H19F2N3O3S/c19-14-7-6-12(11-15(14)20)27(25,26)22-9-8-18(24)23-10-2-3-13-16(21)4-1-5-17(13)23/h1,4-7,11,22H,2-3,8-10,21H2. The molecule has 0 atom stereocenters. The topological polar surface area (TPSA) is 92.5 Å². The summed E-state index contributed by atoms with van der Waals surface area (Å²) in [5.41, 5.74) is 8.25. The maximum Gasteiger partial charge on any atom is 0.240 e. The van der Waals surface area contributed by atoms with Crippen molar-refractivity contribution in [2.45, 2.75) is 24.2 Å². The highest BCUT2D eigenvalue weighted by Gasteiger charge is 2.24. The van der Waals surface area contributed by atoms with Crippen LogP contribution in [0, 0.1) is 11.6 Å². The monoisotopic (exact) mass is 395 g/mol. The number of amides is 1. The summed E-state index contributed by atoms with van der Waals surface area (Å²) in [4.78, 5) is 13.7. The molecule has 1 heterocycles. The highest BCUT2D eigenvalue weighted by Crippen LogP contribution is 2.31. The lowest BCUT2D eigenvalue weighted by Gasteiger charge is -2.30. The van der Waals surface area contributed by atoms with E-state index in [0.29, 0.717) is 18.3 Å². The molecule has 2 aromatic carbocycles. The number of carbonyl (C=O) groups excluding carboxylic acids is 1. The fourth-order valence-corrected chi connectivity index (χ4v) is 4.11. The number of nitrogen functional groups attached to an aromatic ring is 1. The molecule has 0 unspecified atom stereocenters. The van der Waals surface area contributed by atoms with Crippen LogP contribution < -0.4 is 15.4 Å². The number of nitrogens with two attached hydrogens (primary N) is 1. The molecule has 1 aliphatic heterocycles. The van der Waals surface area contributed by atoms with Crippen molar-refractivity contribution in [2.24, 2.45) is 0 Å². The first-order chi connectivity index (χ1) is 12.8. The third-order valence-electron chi connectivity index (χ3n) is 4.42. The van der Waals surface area contributed by atoms with E-state index in [1.54, 1.807) is 17.0 Å². The van der Waals surface area contributed by atoms with Gasteiger partial charge in [0.15, 0.2) is 11.6 Å². The lowest BCUT2D eigenvalue weighted by atomic mass is 9.99. The minimum atomic E-state index is -4.04. The molecule has 1 amide bonds. The third-order valence-corrected chi connectivity index (χ3v) is 5.88. The van der Waals surface area contributed by atoms with E-state index in [-0.39, 0.29) is 18.9 Å². The Bertz CT molecular complexity index is 980. The molecule has 1 aliphatic rings. The largest absolute Gasteiger partial charge is 0.398 e. The van der Waals surface area contributed by atoms with Crippen LogP contribution in [0.15, 0.2) is 41.3 Å². The van der Waals surface area contributed by atoms with E-state index in [2.05, 4.69) is 4.72 Å². The average molecular weight is 395 g/mol. The zero-order chi connectivity index (χ0) is 19.6. The summed E-state index contributed by atoms with van der Waals surface area (Å²) in [5.74, 6) is -2.63. The zero-order valence-electron chi connectivity index (χ0n) is 14.4. The van der Waals surface area contributed by atoms with Gasteiger partial charge in [-0.2, -0.15) is 0 Å². The van der Waals surface area contributed by atoms with Crippen LogP contribution in [0.4, 0.5) is 20.2 Å². The maximum atomic E-state index is 13.2. The second-order valence-electron chi connectivity index (χ2n) is 6.22. The van der Waals surface area contributed by atoms with Gasteiger partial charge in [-0.3, -0.25) is 4.79 Å². The van der Waals surface area contributed by atoms with E-state index in [0.717, 1.165) is 36.2 Å². The number of fused-ring (bicyclic) bond motifs is 1. The summed E-state index contributed by atoms with van der Waals surface area (Å²) in [5, 5.41) is 0. The fourth-order valence-electron chi connectivity index (χ4n) is 3.07. The van der Waals surface area contributed by atoms with E-state index in [9.17, 15) is 22.0 Å². The number of nitrogens with zero attached hydrogens (tertiary/aromatic N) is 1. The minimum absolute atomic E-state index is 0.0723. The van der Waals surface area contributed by atoms with Gasteiger partial charge in [-0.15, -0.1) is 0 Å². The van der Waals surface area contributed by atoms with Crippen molar-refractivity contribution in [1.29, 1.82) is 0 Å². The molecule has 0 aromatic heterocycles. The van der Waals surface area contributed by atoms with Crippen molar-refractivity contribution < 1.29 is 22.0 Å². The molecule has 9 heteroatoms. The molecule has 0 spiro atoms. The lowest BCUT2D eigenvalue weighted by Crippen LogP contribution is -2.38. The molecule has 0 aliphatic carbocycles. The van der Waals surface area contributed by atoms with Gasteiger partial charge in [0.2, 0.25) is 15.9 Å². The van der Waals surface area contributed by atoms with Crippen LogP contribution in [-0.2, 0) is 21.2 Å². The van der Waals surface area contributed by atoms with E-state index < -0.39 is 26.6 Å². The van der Waals surface area contributed by atoms with Gasteiger partial charge >= 0.3 is 0 Å². The SMILES string of the molecule is Nc1cccc2c1CCCN2C(=O)CCNS(=O)(=O)c1ccc(F)c(F)c1. The molecule has 3 rings (SSSR count). The summed E-state index contributed by atoms with van der Waals surface area (Å²) in [6, 6.07) is 7.67. The Hall–Kier alpha value is -2.52. The van der Waals surface area contributed by atoms with Crippen LogP contribution in [0.2, 0.25) is 0 Å². The number of carbonyl (C=O) groups is 1. The van der Waals surface area contributed by atoms with Gasteiger partial charge in [-0.05, 0) is 48.7 Å². The van der Waals surface area contributed by atoms with Crippen LogP contribution in [0.25, 0.3) is 0 Å². The Balaban J connectivity index is 1.65. The molecular formula is C18H19F2N3O3S. The van der Waals surface area contributed by atoms with Crippen molar-refractivity contribution in [2.75, 3.05) is 23.7 Å². The Labute approximate surface area is 156 Å². The summed E-state index contributed by atoms with van der Waals surface area (Å²) in [7, 11) is -4.04. The van der Waals surface area contributed by atoms with Crippen molar-refractivity contribution in [3.8, 4) is 0 Å². The van der Waals surface area contributed by atoms with Crippen LogP contribution >= 0.6 is 0 Å². The number of hydrogen-bond donors (Lipinski definition) is 2. The fraction of sp³-hybridized carbons (Fsp3) is 0.278. The normalized spacial score (nSPS) is 14.1. The number of hydrogen-bond acceptors (Lipinski definition) is 4. The summed E-state index contributed by atoms with van der Waals surface area (Å²) in [6.07, 6.45) is 1.49. The van der Waals surface area contributed by atoms with E-state index in [1.165, 1.54) is 0 Å². The van der Waals surface area contributed by atoms with Crippen LogP contribution in [-0.4, -0.2) is 27.4 Å². The molecule has 0 fully saturated rings. The predicted molar refractivity (Wildman–Crippen MR) is 97.7 cm³/mol. The van der Waals surface area contributed by atoms with Gasteiger partial charge in [0, 0.05) is 30.9 Å². The Kier molecular flexibility index (Phi) is 5.43. The molecule has 27 heavy (non-hydrogen) atoms. The molecule has 2 aromatic rings. The molecule has 0 saturated heterocycles. The molecule has 0 bridgehead atoms. The first-order valence-electron chi connectivity index (χ1n) is 8.42. The Morgan fingerprint density at radius 1 is 1.19 bits per heavy atom. The number of halogens is 2. The molecular weight excluding hydrogens is 376 g/mol. The van der Waals surface area contributed by atoms with Crippen molar-refractivity contribution >= 4 is 27.3 Å². The predicted octanol–water partition coefficient (Wildman–Crippen LogP) is 2.19. The van der Waals surface area contributed by atoms with E-state index >= 15 is 0 Å². The van der Waals surface area contributed by atoms with Crippen molar-refractivity contribution in [3.05, 3.63) is 53.6 Å².